The first kappa shape index (κ1) is 50.5. The van der Waals surface area contributed by atoms with Crippen LogP contribution in [0.15, 0.2) is 176 Å². The molecule has 11 aromatic rings. The molecule has 394 valence electrons. The van der Waals surface area contributed by atoms with Gasteiger partial charge in [-0.3, -0.25) is 13.7 Å². The molecule has 0 fully saturated rings. The SMILES string of the molecule is CC(C)(C)c1ccc(-c2cccc3c2-[n+]2[c-]n(-c4cccc(Oc5ccc6c7ccccc7n(-c7cc(C(C)(C)C)ccn7)c6c5)c4)c4cc(C(C)(C)C)cc(c42)-c2ccccc2-c2cc4c(cc2-3)C(C)(C)CCC4(C)C)cc1. The summed E-state index contributed by atoms with van der Waals surface area (Å²) in [7, 11) is 0. The lowest BCUT2D eigenvalue weighted by Crippen LogP contribution is -2.34. The number of para-hydroxylation sites is 2. The number of fused-ring (bicyclic) bond motifs is 11. The molecule has 2 aliphatic rings. The van der Waals surface area contributed by atoms with Gasteiger partial charge in [0.2, 0.25) is 0 Å². The quantitative estimate of drug-likeness (QED) is 0.127. The Morgan fingerprint density at radius 1 is 0.468 bits per heavy atom. The Morgan fingerprint density at radius 2 is 1.06 bits per heavy atom. The molecule has 0 saturated heterocycles. The summed E-state index contributed by atoms with van der Waals surface area (Å²) in [6.45, 7) is 30.4. The van der Waals surface area contributed by atoms with E-state index < -0.39 is 0 Å². The first-order valence-corrected chi connectivity index (χ1v) is 28.4. The van der Waals surface area contributed by atoms with E-state index in [1.165, 1.54) is 72.1 Å². The third-order valence-corrected chi connectivity index (χ3v) is 17.5. The number of aromatic nitrogens is 4. The first-order chi connectivity index (χ1) is 37.5. The summed E-state index contributed by atoms with van der Waals surface area (Å²) in [4.78, 5) is 4.95. The van der Waals surface area contributed by atoms with Crippen LogP contribution in [0.2, 0.25) is 0 Å². The van der Waals surface area contributed by atoms with Crippen molar-refractivity contribution in [1.82, 2.24) is 14.1 Å². The molecular weight excluding hydrogens is 961 g/mol. The van der Waals surface area contributed by atoms with Crippen molar-refractivity contribution in [2.45, 2.75) is 130 Å². The second-order valence-electron chi connectivity index (χ2n) is 27.0. The highest BCUT2D eigenvalue weighted by atomic mass is 16.5. The summed E-state index contributed by atoms with van der Waals surface area (Å²) in [5.74, 6) is 2.37. The molecule has 0 bridgehead atoms. The maximum absolute atomic E-state index is 6.99. The number of benzene rings is 8. The number of imidazole rings is 1. The fourth-order valence-electron chi connectivity index (χ4n) is 12.7. The topological polar surface area (TPSA) is 35.9 Å². The van der Waals surface area contributed by atoms with Gasteiger partial charge in [-0.1, -0.05) is 193 Å². The maximum atomic E-state index is 6.99. The minimum atomic E-state index is -0.169. The lowest BCUT2D eigenvalue weighted by molar-refractivity contribution is -0.570. The van der Waals surface area contributed by atoms with Gasteiger partial charge in [0.1, 0.15) is 17.3 Å². The van der Waals surface area contributed by atoms with Crippen LogP contribution in [0, 0.1) is 6.33 Å². The summed E-state index contributed by atoms with van der Waals surface area (Å²) in [6.07, 6.45) is 8.33. The molecule has 79 heavy (non-hydrogen) atoms. The van der Waals surface area contributed by atoms with Crippen LogP contribution in [-0.4, -0.2) is 14.1 Å². The molecule has 8 aromatic carbocycles. The normalized spacial score (nSPS) is 14.7. The van der Waals surface area contributed by atoms with Gasteiger partial charge in [0.15, 0.2) is 0 Å². The zero-order valence-corrected chi connectivity index (χ0v) is 48.4. The van der Waals surface area contributed by atoms with Crippen LogP contribution >= 0.6 is 0 Å². The van der Waals surface area contributed by atoms with Crippen molar-refractivity contribution in [1.29, 1.82) is 0 Å². The highest BCUT2D eigenvalue weighted by Gasteiger charge is 2.39. The second kappa shape index (κ2) is 17.7. The molecule has 0 N–H and O–H groups in total. The fraction of sp³-hybridized carbons (Fsp3) is 0.270. The van der Waals surface area contributed by atoms with Gasteiger partial charge in [0.25, 0.3) is 6.33 Å². The Balaban J connectivity index is 1.05. The van der Waals surface area contributed by atoms with E-state index in [2.05, 4.69) is 280 Å². The van der Waals surface area contributed by atoms with E-state index in [9.17, 15) is 0 Å². The summed E-state index contributed by atoms with van der Waals surface area (Å²) in [5, 5.41) is 2.33. The number of pyridine rings is 1. The summed E-state index contributed by atoms with van der Waals surface area (Å²) in [6, 6.07) is 63.3. The smallest absolute Gasteiger partial charge is 0.269 e. The molecule has 0 amide bonds. The Labute approximate surface area is 467 Å². The molecule has 4 heterocycles. The average molecular weight is 1030 g/mol. The minimum Gasteiger partial charge on any atom is -0.458 e. The highest BCUT2D eigenvalue weighted by molar-refractivity contribution is 6.09. The standard InChI is InChI=1S/C74H72N4O/c1-70(2,3)47-30-28-46(29-31-47)53-25-19-26-58-60-44-63-62(73(10,11)35-36-74(63,12)13)43-59(60)54-22-14-15-23-55(54)61-38-49(72(7,8)9)39-66-69(61)77(68(53)58)45-76(66)50-20-18-21-51(41-50)79-52-32-33-57-56-24-16-17-27-64(56)78(65(57)42-52)67-40-48(34-37-75-67)71(4,5)6/h14-34,37-44H,35-36H2,1-13H3. The Hall–Kier alpha value is -8.02. The molecule has 0 radical (unpaired) electrons. The van der Waals surface area contributed by atoms with E-state index >= 15 is 0 Å². The highest BCUT2D eigenvalue weighted by Crippen LogP contribution is 2.53. The van der Waals surface area contributed by atoms with Gasteiger partial charge < -0.3 is 4.74 Å². The van der Waals surface area contributed by atoms with Crippen molar-refractivity contribution in [3.8, 4) is 73.2 Å². The van der Waals surface area contributed by atoms with Crippen LogP contribution in [0.5, 0.6) is 11.5 Å². The van der Waals surface area contributed by atoms with Crippen molar-refractivity contribution in [2.75, 3.05) is 0 Å². The number of nitrogens with zero attached hydrogens (tertiary/aromatic N) is 4. The van der Waals surface area contributed by atoms with E-state index in [0.717, 1.165) is 74.5 Å². The maximum Gasteiger partial charge on any atom is 0.269 e. The molecule has 0 saturated carbocycles. The van der Waals surface area contributed by atoms with E-state index in [0.29, 0.717) is 0 Å². The van der Waals surface area contributed by atoms with Gasteiger partial charge in [-0.2, -0.15) is 0 Å². The third kappa shape index (κ3) is 8.42. The van der Waals surface area contributed by atoms with Crippen molar-refractivity contribution >= 4 is 32.8 Å². The third-order valence-electron chi connectivity index (χ3n) is 17.5. The number of ether oxygens (including phenoxy) is 1. The van der Waals surface area contributed by atoms with Crippen molar-refractivity contribution in [3.05, 3.63) is 210 Å². The average Bonchev–Trinajstić information content (AvgIpc) is 3.81. The van der Waals surface area contributed by atoms with Crippen LogP contribution < -0.4 is 9.30 Å². The fourth-order valence-corrected chi connectivity index (χ4v) is 12.7. The van der Waals surface area contributed by atoms with Crippen molar-refractivity contribution in [3.63, 3.8) is 0 Å². The second-order valence-corrected chi connectivity index (χ2v) is 27.0. The van der Waals surface area contributed by atoms with E-state index in [1.54, 1.807) is 0 Å². The van der Waals surface area contributed by atoms with Crippen LogP contribution in [-0.2, 0) is 27.1 Å². The molecule has 5 nitrogen and oxygen atoms in total. The van der Waals surface area contributed by atoms with Gasteiger partial charge in [-0.25, -0.2) is 4.98 Å². The van der Waals surface area contributed by atoms with Gasteiger partial charge in [0, 0.05) is 23.0 Å². The van der Waals surface area contributed by atoms with Crippen LogP contribution in [0.1, 0.15) is 131 Å². The Bertz CT molecular complexity index is 4270. The summed E-state index contributed by atoms with van der Waals surface area (Å²) >= 11 is 0. The first-order valence-electron chi connectivity index (χ1n) is 28.4. The summed E-state index contributed by atoms with van der Waals surface area (Å²) < 4.78 is 14.0. The van der Waals surface area contributed by atoms with Gasteiger partial charge >= 0.3 is 0 Å². The molecule has 0 atom stereocenters. The van der Waals surface area contributed by atoms with Crippen molar-refractivity contribution < 1.29 is 9.30 Å². The molecule has 3 aromatic heterocycles. The largest absolute Gasteiger partial charge is 0.458 e. The molecule has 1 aliphatic heterocycles. The molecule has 5 heteroatoms. The number of hydrogen-bond acceptors (Lipinski definition) is 2. The lowest BCUT2D eigenvalue weighted by atomic mass is 9.62. The zero-order valence-electron chi connectivity index (χ0n) is 48.4. The summed E-state index contributed by atoms with van der Waals surface area (Å²) in [5.41, 5.74) is 22.6. The predicted molar refractivity (Wildman–Crippen MR) is 329 cm³/mol. The van der Waals surface area contributed by atoms with Crippen LogP contribution in [0.3, 0.4) is 0 Å². The molecular formula is C74H72N4O. The number of rotatable bonds is 5. The monoisotopic (exact) mass is 1030 g/mol. The zero-order chi connectivity index (χ0) is 55.1. The minimum absolute atomic E-state index is 0.00530. The lowest BCUT2D eigenvalue weighted by Gasteiger charge is -2.42. The molecule has 0 spiro atoms. The predicted octanol–water partition coefficient (Wildman–Crippen LogP) is 19.2. The molecule has 13 rings (SSSR count). The van der Waals surface area contributed by atoms with E-state index in [1.807, 2.05) is 6.20 Å². The number of hydrogen-bond donors (Lipinski definition) is 0. The Kier molecular flexibility index (Phi) is 11.3. The van der Waals surface area contributed by atoms with E-state index in [4.69, 9.17) is 9.72 Å². The van der Waals surface area contributed by atoms with Gasteiger partial charge in [-0.15, -0.1) is 0 Å². The van der Waals surface area contributed by atoms with Gasteiger partial charge in [0.05, 0.1) is 33.4 Å². The molecule has 0 unspecified atom stereocenters. The van der Waals surface area contributed by atoms with Crippen molar-refractivity contribution in [2.24, 2.45) is 0 Å². The van der Waals surface area contributed by atoms with Crippen LogP contribution in [0.25, 0.3) is 94.5 Å². The van der Waals surface area contributed by atoms with Gasteiger partial charge in [-0.05, 0) is 173 Å². The van der Waals surface area contributed by atoms with Crippen LogP contribution in [0.4, 0.5) is 0 Å². The van der Waals surface area contributed by atoms with E-state index in [-0.39, 0.29) is 27.1 Å². The Morgan fingerprint density at radius 3 is 1.76 bits per heavy atom. The molecule has 1 aliphatic carbocycles.